The highest BCUT2D eigenvalue weighted by molar-refractivity contribution is 5.87. The lowest BCUT2D eigenvalue weighted by Crippen LogP contribution is -2.51. The first kappa shape index (κ1) is 13.0. The van der Waals surface area contributed by atoms with E-state index in [1.165, 1.54) is 4.90 Å². The zero-order valence-corrected chi connectivity index (χ0v) is 9.61. The van der Waals surface area contributed by atoms with Gasteiger partial charge in [0.25, 0.3) is 5.91 Å². The van der Waals surface area contributed by atoms with E-state index < -0.39 is 17.5 Å². The third kappa shape index (κ3) is 2.95. The van der Waals surface area contributed by atoms with Crippen LogP contribution in [-0.2, 0) is 9.59 Å². The lowest BCUT2D eigenvalue weighted by Gasteiger charge is -2.34. The van der Waals surface area contributed by atoms with E-state index in [-0.39, 0.29) is 6.54 Å². The van der Waals surface area contributed by atoms with Crippen molar-refractivity contribution in [3.8, 4) is 0 Å². The largest absolute Gasteiger partial charge is 0.480 e. The smallest absolute Gasteiger partial charge is 0.323 e. The third-order valence-corrected chi connectivity index (χ3v) is 3.07. The molecule has 1 fully saturated rings. The Labute approximate surface area is 95.1 Å². The van der Waals surface area contributed by atoms with E-state index in [1.54, 1.807) is 6.92 Å². The van der Waals surface area contributed by atoms with Crippen LogP contribution in [-0.4, -0.2) is 45.7 Å². The molecule has 0 aromatic rings. The Morgan fingerprint density at radius 1 is 1.25 bits per heavy atom. The molecule has 1 saturated carbocycles. The maximum Gasteiger partial charge on any atom is 0.323 e. The van der Waals surface area contributed by atoms with Gasteiger partial charge in [0, 0.05) is 6.54 Å². The molecule has 92 valence electrons. The molecule has 0 saturated heterocycles. The van der Waals surface area contributed by atoms with Gasteiger partial charge in [0.2, 0.25) is 0 Å². The number of carbonyl (C=O) groups excluding carboxylic acids is 1. The fraction of sp³-hybridized carbons (Fsp3) is 0.818. The van der Waals surface area contributed by atoms with Gasteiger partial charge in [-0.2, -0.15) is 0 Å². The summed E-state index contributed by atoms with van der Waals surface area (Å²) >= 11 is 0. The van der Waals surface area contributed by atoms with Gasteiger partial charge in [-0.25, -0.2) is 0 Å². The van der Waals surface area contributed by atoms with Gasteiger partial charge in [-0.05, 0) is 19.8 Å². The number of aliphatic carboxylic acids is 1. The number of aliphatic hydroxyl groups is 1. The minimum absolute atomic E-state index is 0.313. The molecule has 0 radical (unpaired) electrons. The zero-order valence-electron chi connectivity index (χ0n) is 9.61. The molecule has 5 heteroatoms. The van der Waals surface area contributed by atoms with Crippen LogP contribution < -0.4 is 0 Å². The van der Waals surface area contributed by atoms with Crippen molar-refractivity contribution < 1.29 is 19.8 Å². The van der Waals surface area contributed by atoms with Gasteiger partial charge in [0.1, 0.15) is 12.1 Å². The highest BCUT2D eigenvalue weighted by atomic mass is 16.4. The Kier molecular flexibility index (Phi) is 4.29. The van der Waals surface area contributed by atoms with Crippen LogP contribution in [0.25, 0.3) is 0 Å². The third-order valence-electron chi connectivity index (χ3n) is 3.07. The van der Waals surface area contributed by atoms with Crippen molar-refractivity contribution in [2.24, 2.45) is 0 Å². The van der Waals surface area contributed by atoms with E-state index in [2.05, 4.69) is 0 Å². The Bertz CT molecular complexity index is 271. The van der Waals surface area contributed by atoms with Crippen LogP contribution in [0.15, 0.2) is 0 Å². The van der Waals surface area contributed by atoms with Crippen molar-refractivity contribution >= 4 is 11.9 Å². The monoisotopic (exact) mass is 229 g/mol. The first-order valence-corrected chi connectivity index (χ1v) is 5.73. The molecule has 1 rings (SSSR count). The Morgan fingerprint density at radius 3 is 2.25 bits per heavy atom. The predicted octanol–water partition coefficient (Wildman–Crippen LogP) is 0.615. The number of carbonyl (C=O) groups is 2. The van der Waals surface area contributed by atoms with Crippen LogP contribution in [0.1, 0.15) is 39.0 Å². The zero-order chi connectivity index (χ0) is 12.2. The molecule has 1 aliphatic rings. The molecule has 0 heterocycles. The van der Waals surface area contributed by atoms with Crippen LogP contribution in [0.4, 0.5) is 0 Å². The normalized spacial score (nSPS) is 19.1. The first-order valence-electron chi connectivity index (χ1n) is 5.73. The molecule has 0 aromatic heterocycles. The number of amides is 1. The summed E-state index contributed by atoms with van der Waals surface area (Å²) in [6.45, 7) is 1.69. The second-order valence-corrected chi connectivity index (χ2v) is 4.31. The Morgan fingerprint density at radius 2 is 1.81 bits per heavy atom. The van der Waals surface area contributed by atoms with Gasteiger partial charge >= 0.3 is 5.97 Å². The Balaban J connectivity index is 2.68. The molecule has 1 amide bonds. The number of carboxylic acid groups (broad SMARTS) is 1. The van der Waals surface area contributed by atoms with Crippen molar-refractivity contribution in [3.05, 3.63) is 0 Å². The van der Waals surface area contributed by atoms with Crippen LogP contribution in [0.5, 0.6) is 0 Å². The molecule has 0 unspecified atom stereocenters. The SMILES string of the molecule is CCN(CC(=O)O)C(=O)C1(O)CCCCC1. The molecular weight excluding hydrogens is 210 g/mol. The van der Waals surface area contributed by atoms with Gasteiger partial charge in [-0.15, -0.1) is 0 Å². The fourth-order valence-electron chi connectivity index (χ4n) is 2.14. The molecule has 0 bridgehead atoms. The number of rotatable bonds is 4. The van der Waals surface area contributed by atoms with Crippen molar-refractivity contribution in [1.82, 2.24) is 4.90 Å². The lowest BCUT2D eigenvalue weighted by molar-refractivity contribution is -0.158. The van der Waals surface area contributed by atoms with Crippen LogP contribution >= 0.6 is 0 Å². The van der Waals surface area contributed by atoms with Gasteiger partial charge in [0.05, 0.1) is 0 Å². The summed E-state index contributed by atoms with van der Waals surface area (Å²) < 4.78 is 0. The number of hydrogen-bond acceptors (Lipinski definition) is 3. The number of nitrogens with zero attached hydrogens (tertiary/aromatic N) is 1. The quantitative estimate of drug-likeness (QED) is 0.740. The second-order valence-electron chi connectivity index (χ2n) is 4.31. The summed E-state index contributed by atoms with van der Waals surface area (Å²) in [6.07, 6.45) is 3.57. The fourth-order valence-corrected chi connectivity index (χ4v) is 2.14. The Hall–Kier alpha value is -1.10. The lowest BCUT2D eigenvalue weighted by atomic mass is 9.84. The molecule has 1 aliphatic carbocycles. The molecule has 16 heavy (non-hydrogen) atoms. The minimum atomic E-state index is -1.33. The van der Waals surface area contributed by atoms with Gasteiger partial charge in [-0.1, -0.05) is 19.3 Å². The highest BCUT2D eigenvalue weighted by Gasteiger charge is 2.39. The number of carboxylic acids is 1. The van der Waals surface area contributed by atoms with Crippen LogP contribution in [0, 0.1) is 0 Å². The minimum Gasteiger partial charge on any atom is -0.480 e. The summed E-state index contributed by atoms with van der Waals surface area (Å²) in [5.41, 5.74) is -1.33. The van der Waals surface area contributed by atoms with Crippen LogP contribution in [0.2, 0.25) is 0 Å². The summed E-state index contributed by atoms with van der Waals surface area (Å²) in [7, 11) is 0. The van der Waals surface area contributed by atoms with Crippen molar-refractivity contribution in [1.29, 1.82) is 0 Å². The average Bonchev–Trinajstić information content (AvgIpc) is 2.25. The topological polar surface area (TPSA) is 77.8 Å². The van der Waals surface area contributed by atoms with E-state index >= 15 is 0 Å². The standard InChI is InChI=1S/C11H19NO4/c1-2-12(8-9(13)14)10(15)11(16)6-4-3-5-7-11/h16H,2-8H2,1H3,(H,13,14). The van der Waals surface area contributed by atoms with Gasteiger partial charge < -0.3 is 15.1 Å². The molecular formula is C11H19NO4. The van der Waals surface area contributed by atoms with E-state index in [9.17, 15) is 14.7 Å². The molecule has 0 aliphatic heterocycles. The molecule has 0 atom stereocenters. The summed E-state index contributed by atoms with van der Waals surface area (Å²) in [6, 6.07) is 0. The maximum absolute atomic E-state index is 12.0. The summed E-state index contributed by atoms with van der Waals surface area (Å²) in [5, 5.41) is 18.8. The average molecular weight is 229 g/mol. The van der Waals surface area contributed by atoms with Crippen molar-refractivity contribution in [3.63, 3.8) is 0 Å². The van der Waals surface area contributed by atoms with E-state index in [1.807, 2.05) is 0 Å². The maximum atomic E-state index is 12.0. The summed E-state index contributed by atoms with van der Waals surface area (Å²) in [4.78, 5) is 23.8. The molecule has 0 spiro atoms. The number of likely N-dealkylation sites (N-methyl/N-ethyl adjacent to an activating group) is 1. The van der Waals surface area contributed by atoms with Crippen LogP contribution in [0.3, 0.4) is 0 Å². The van der Waals surface area contributed by atoms with Crippen molar-refractivity contribution in [2.45, 2.75) is 44.6 Å². The molecule has 0 aromatic carbocycles. The molecule has 5 nitrogen and oxygen atoms in total. The highest BCUT2D eigenvalue weighted by Crippen LogP contribution is 2.29. The predicted molar refractivity (Wildman–Crippen MR) is 57.9 cm³/mol. The first-order chi connectivity index (χ1) is 7.49. The van der Waals surface area contributed by atoms with E-state index in [0.717, 1.165) is 19.3 Å². The van der Waals surface area contributed by atoms with Gasteiger partial charge in [0.15, 0.2) is 0 Å². The molecule has 2 N–H and O–H groups in total. The van der Waals surface area contributed by atoms with Gasteiger partial charge in [-0.3, -0.25) is 9.59 Å². The van der Waals surface area contributed by atoms with E-state index in [4.69, 9.17) is 5.11 Å². The second kappa shape index (κ2) is 5.30. The van der Waals surface area contributed by atoms with E-state index in [0.29, 0.717) is 19.4 Å². The van der Waals surface area contributed by atoms with Crippen molar-refractivity contribution in [2.75, 3.05) is 13.1 Å². The number of hydrogen-bond donors (Lipinski definition) is 2. The summed E-state index contributed by atoms with van der Waals surface area (Å²) in [5.74, 6) is -1.48.